The zero-order valence-electron chi connectivity index (χ0n) is 13.9. The maximum atomic E-state index is 5.39. The number of ether oxygens (including phenoxy) is 2. The summed E-state index contributed by atoms with van der Waals surface area (Å²) < 4.78 is 12.5. The Morgan fingerprint density at radius 3 is 2.84 bits per heavy atom. The van der Waals surface area contributed by atoms with Gasteiger partial charge in [-0.05, 0) is 43.0 Å². The van der Waals surface area contributed by atoms with Gasteiger partial charge in [0.1, 0.15) is 11.2 Å². The lowest BCUT2D eigenvalue weighted by Crippen LogP contribution is -1.92. The number of hydrogen-bond acceptors (Lipinski definition) is 6. The lowest BCUT2D eigenvalue weighted by Gasteiger charge is -2.07. The van der Waals surface area contributed by atoms with E-state index in [4.69, 9.17) is 14.5 Å². The molecule has 0 spiro atoms. The van der Waals surface area contributed by atoms with Crippen molar-refractivity contribution in [1.29, 1.82) is 0 Å². The molecule has 3 aromatic heterocycles. The molecular formula is C18H16N4O2S. The molecule has 5 rings (SSSR count). The zero-order chi connectivity index (χ0) is 17.0. The highest BCUT2D eigenvalue weighted by atomic mass is 32.1. The Morgan fingerprint density at radius 2 is 2.00 bits per heavy atom. The van der Waals surface area contributed by atoms with Crippen LogP contribution in [-0.2, 0) is 12.8 Å². The van der Waals surface area contributed by atoms with E-state index in [1.165, 1.54) is 22.2 Å². The standard InChI is InChI=1S/C18H16N4O2S/c1-23-12-7-6-10(8-13(12)24-2)16-20-17-15-11-4-3-5-14(11)25-18(15)19-9-22(17)21-16/h6-9H,3-5H2,1-2H3. The van der Waals surface area contributed by atoms with Gasteiger partial charge in [0.15, 0.2) is 23.0 Å². The summed E-state index contributed by atoms with van der Waals surface area (Å²) >= 11 is 1.79. The molecule has 126 valence electrons. The van der Waals surface area contributed by atoms with E-state index >= 15 is 0 Å². The van der Waals surface area contributed by atoms with E-state index in [1.807, 2.05) is 18.2 Å². The van der Waals surface area contributed by atoms with E-state index in [2.05, 4.69) is 10.1 Å². The molecule has 0 saturated carbocycles. The van der Waals surface area contributed by atoms with E-state index < -0.39 is 0 Å². The summed E-state index contributed by atoms with van der Waals surface area (Å²) in [5.74, 6) is 2.02. The highest BCUT2D eigenvalue weighted by Crippen LogP contribution is 2.38. The third-order valence-electron chi connectivity index (χ3n) is 4.68. The summed E-state index contributed by atoms with van der Waals surface area (Å²) in [6.45, 7) is 0. The van der Waals surface area contributed by atoms with Gasteiger partial charge in [0, 0.05) is 10.4 Å². The van der Waals surface area contributed by atoms with Gasteiger partial charge in [-0.3, -0.25) is 0 Å². The third kappa shape index (κ3) is 2.12. The van der Waals surface area contributed by atoms with Crippen LogP contribution in [0.1, 0.15) is 16.9 Å². The van der Waals surface area contributed by atoms with Crippen LogP contribution in [0.4, 0.5) is 0 Å². The lowest BCUT2D eigenvalue weighted by molar-refractivity contribution is 0.355. The first-order valence-corrected chi connectivity index (χ1v) is 8.98. The molecule has 0 aliphatic heterocycles. The molecule has 25 heavy (non-hydrogen) atoms. The van der Waals surface area contributed by atoms with Crippen LogP contribution in [0.25, 0.3) is 27.3 Å². The van der Waals surface area contributed by atoms with Gasteiger partial charge >= 0.3 is 0 Å². The molecule has 0 bridgehead atoms. The zero-order valence-corrected chi connectivity index (χ0v) is 14.8. The largest absolute Gasteiger partial charge is 0.493 e. The first-order valence-electron chi connectivity index (χ1n) is 8.16. The minimum atomic E-state index is 0.660. The van der Waals surface area contributed by atoms with Crippen LogP contribution < -0.4 is 9.47 Å². The van der Waals surface area contributed by atoms with Crippen molar-refractivity contribution in [2.24, 2.45) is 0 Å². The molecule has 1 aromatic carbocycles. The molecule has 3 heterocycles. The number of aryl methyl sites for hydroxylation is 2. The lowest BCUT2D eigenvalue weighted by atomic mass is 10.2. The fraction of sp³-hybridized carbons (Fsp3) is 0.278. The second-order valence-electron chi connectivity index (χ2n) is 6.06. The van der Waals surface area contributed by atoms with E-state index in [9.17, 15) is 0 Å². The Labute approximate surface area is 148 Å². The Balaban J connectivity index is 1.72. The highest BCUT2D eigenvalue weighted by molar-refractivity contribution is 7.19. The van der Waals surface area contributed by atoms with Crippen LogP contribution in [0.2, 0.25) is 0 Å². The number of benzene rings is 1. The first kappa shape index (κ1) is 14.7. The number of fused-ring (bicyclic) bond motifs is 5. The van der Waals surface area contributed by atoms with Gasteiger partial charge in [-0.15, -0.1) is 16.4 Å². The molecule has 1 aliphatic carbocycles. The second kappa shape index (κ2) is 5.42. The average Bonchev–Trinajstić information content (AvgIpc) is 3.33. The van der Waals surface area contributed by atoms with Gasteiger partial charge in [0.25, 0.3) is 0 Å². The van der Waals surface area contributed by atoms with Crippen molar-refractivity contribution in [2.45, 2.75) is 19.3 Å². The summed E-state index contributed by atoms with van der Waals surface area (Å²) in [6, 6.07) is 5.71. The minimum Gasteiger partial charge on any atom is -0.493 e. The molecule has 0 unspecified atom stereocenters. The molecule has 0 amide bonds. The van der Waals surface area contributed by atoms with Gasteiger partial charge in [-0.1, -0.05) is 0 Å². The Hall–Kier alpha value is -2.67. The Morgan fingerprint density at radius 1 is 1.12 bits per heavy atom. The SMILES string of the molecule is COc1ccc(-c2nc3c4c5c(sc4ncn3n2)CCC5)cc1OC. The highest BCUT2D eigenvalue weighted by Gasteiger charge is 2.22. The molecule has 1 aliphatic rings. The molecule has 6 nitrogen and oxygen atoms in total. The van der Waals surface area contributed by atoms with Crippen LogP contribution in [0.5, 0.6) is 11.5 Å². The normalized spacial score (nSPS) is 13.5. The van der Waals surface area contributed by atoms with Crippen LogP contribution in [0.3, 0.4) is 0 Å². The quantitative estimate of drug-likeness (QED) is 0.565. The van der Waals surface area contributed by atoms with Gasteiger partial charge in [-0.25, -0.2) is 14.5 Å². The van der Waals surface area contributed by atoms with Crippen LogP contribution in [0.15, 0.2) is 24.5 Å². The maximum absolute atomic E-state index is 5.39. The van der Waals surface area contributed by atoms with Gasteiger partial charge in [-0.2, -0.15) is 0 Å². The number of aromatic nitrogens is 4. The molecule has 0 N–H and O–H groups in total. The van der Waals surface area contributed by atoms with E-state index in [0.717, 1.165) is 28.9 Å². The van der Waals surface area contributed by atoms with Gasteiger partial charge in [0.2, 0.25) is 0 Å². The topological polar surface area (TPSA) is 61.5 Å². The number of nitrogens with zero attached hydrogens (tertiary/aromatic N) is 4. The van der Waals surface area contributed by atoms with Crippen molar-refractivity contribution < 1.29 is 9.47 Å². The average molecular weight is 352 g/mol. The predicted molar refractivity (Wildman–Crippen MR) is 96.7 cm³/mol. The van der Waals surface area contributed by atoms with E-state index in [-0.39, 0.29) is 0 Å². The summed E-state index contributed by atoms with van der Waals surface area (Å²) in [7, 11) is 3.25. The van der Waals surface area contributed by atoms with Crippen molar-refractivity contribution >= 4 is 27.2 Å². The molecule has 0 fully saturated rings. The number of thiophene rings is 1. The second-order valence-corrected chi connectivity index (χ2v) is 7.14. The summed E-state index contributed by atoms with van der Waals surface area (Å²) in [5, 5.41) is 5.79. The summed E-state index contributed by atoms with van der Waals surface area (Å²) in [5.41, 5.74) is 3.18. The fourth-order valence-electron chi connectivity index (χ4n) is 3.49. The molecular weight excluding hydrogens is 336 g/mol. The number of methoxy groups -OCH3 is 2. The molecule has 0 atom stereocenters. The number of hydrogen-bond donors (Lipinski definition) is 0. The smallest absolute Gasteiger partial charge is 0.182 e. The van der Waals surface area contributed by atoms with Crippen LogP contribution >= 0.6 is 11.3 Å². The summed E-state index contributed by atoms with van der Waals surface area (Å²) in [4.78, 5) is 11.9. The fourth-order valence-corrected chi connectivity index (χ4v) is 4.71. The minimum absolute atomic E-state index is 0.660. The Bertz CT molecular complexity index is 1120. The molecule has 0 saturated heterocycles. The van der Waals surface area contributed by atoms with E-state index in [1.54, 1.807) is 36.4 Å². The van der Waals surface area contributed by atoms with Crippen molar-refractivity contribution in [3.63, 3.8) is 0 Å². The molecule has 4 aromatic rings. The Kier molecular flexibility index (Phi) is 3.18. The molecule has 0 radical (unpaired) electrons. The first-order chi connectivity index (χ1) is 12.3. The van der Waals surface area contributed by atoms with Gasteiger partial charge < -0.3 is 9.47 Å². The van der Waals surface area contributed by atoms with Crippen molar-refractivity contribution in [2.75, 3.05) is 14.2 Å². The number of rotatable bonds is 3. The molecule has 7 heteroatoms. The van der Waals surface area contributed by atoms with Crippen molar-refractivity contribution in [3.8, 4) is 22.9 Å². The van der Waals surface area contributed by atoms with E-state index in [0.29, 0.717) is 17.3 Å². The predicted octanol–water partition coefficient (Wildman–Crippen LogP) is 3.51. The maximum Gasteiger partial charge on any atom is 0.182 e. The monoisotopic (exact) mass is 352 g/mol. The van der Waals surface area contributed by atoms with Crippen LogP contribution in [-0.4, -0.2) is 33.8 Å². The van der Waals surface area contributed by atoms with Crippen molar-refractivity contribution in [3.05, 3.63) is 35.0 Å². The van der Waals surface area contributed by atoms with Gasteiger partial charge in [0.05, 0.1) is 19.6 Å². The van der Waals surface area contributed by atoms with Crippen molar-refractivity contribution in [1.82, 2.24) is 19.6 Å². The van der Waals surface area contributed by atoms with Crippen LogP contribution in [0, 0.1) is 0 Å². The summed E-state index contributed by atoms with van der Waals surface area (Å²) in [6.07, 6.45) is 5.23. The third-order valence-corrected chi connectivity index (χ3v) is 5.88.